The summed E-state index contributed by atoms with van der Waals surface area (Å²) in [5.41, 5.74) is 5.87. The Labute approximate surface area is 142 Å². The Morgan fingerprint density at radius 1 is 1.20 bits per heavy atom. The summed E-state index contributed by atoms with van der Waals surface area (Å²) < 4.78 is 0. The fourth-order valence-corrected chi connectivity index (χ4v) is 2.44. The van der Waals surface area contributed by atoms with E-state index in [9.17, 15) is 0 Å². The van der Waals surface area contributed by atoms with Gasteiger partial charge in [0.15, 0.2) is 5.96 Å². The van der Waals surface area contributed by atoms with Gasteiger partial charge in [0.05, 0.1) is 0 Å². The highest BCUT2D eigenvalue weighted by Gasteiger charge is 2.12. The fraction of sp³-hybridized carbons (Fsp3) is 0.933. The molecule has 0 radical (unpaired) electrons. The molecule has 0 aromatic rings. The van der Waals surface area contributed by atoms with Crippen molar-refractivity contribution >= 4 is 29.9 Å². The molecule has 120 valence electrons. The molecule has 0 aliphatic carbocycles. The first-order chi connectivity index (χ1) is 9.08. The van der Waals surface area contributed by atoms with Crippen molar-refractivity contribution in [3.8, 4) is 0 Å². The van der Waals surface area contributed by atoms with Crippen LogP contribution in [0.4, 0.5) is 0 Å². The van der Waals surface area contributed by atoms with Crippen LogP contribution in [-0.2, 0) is 0 Å². The number of nitrogens with two attached hydrogens (primary N) is 1. The standard InChI is InChI=1S/C15H32N4.HI/c1-13(2)7-8-17-15(16)18-11-14(3)12-19-9-5-4-6-10-19;/h13-14H,4-12H2,1-3H3,(H3,16,17,18);1H. The molecule has 0 aromatic carbocycles. The third-order valence-electron chi connectivity index (χ3n) is 3.62. The van der Waals surface area contributed by atoms with E-state index in [1.54, 1.807) is 0 Å². The molecule has 1 fully saturated rings. The molecule has 0 amide bonds. The van der Waals surface area contributed by atoms with Gasteiger partial charge in [-0.25, -0.2) is 0 Å². The first kappa shape index (κ1) is 20.0. The second-order valence-corrected chi connectivity index (χ2v) is 6.30. The molecular weight excluding hydrogens is 363 g/mol. The lowest BCUT2D eigenvalue weighted by molar-refractivity contribution is 0.203. The van der Waals surface area contributed by atoms with Crippen molar-refractivity contribution in [1.29, 1.82) is 0 Å². The van der Waals surface area contributed by atoms with Gasteiger partial charge in [0.1, 0.15) is 0 Å². The minimum absolute atomic E-state index is 0. The predicted molar refractivity (Wildman–Crippen MR) is 98.8 cm³/mol. The van der Waals surface area contributed by atoms with Crippen molar-refractivity contribution in [3.05, 3.63) is 0 Å². The Hall–Kier alpha value is -0.0400. The van der Waals surface area contributed by atoms with E-state index < -0.39 is 0 Å². The number of halogens is 1. The number of guanidine groups is 1. The van der Waals surface area contributed by atoms with E-state index in [2.05, 4.69) is 36.0 Å². The van der Waals surface area contributed by atoms with E-state index in [0.717, 1.165) is 26.1 Å². The second-order valence-electron chi connectivity index (χ2n) is 6.30. The van der Waals surface area contributed by atoms with E-state index in [-0.39, 0.29) is 24.0 Å². The molecule has 0 bridgehead atoms. The number of hydrogen-bond donors (Lipinski definition) is 2. The monoisotopic (exact) mass is 396 g/mol. The summed E-state index contributed by atoms with van der Waals surface area (Å²) in [5, 5.41) is 3.19. The highest BCUT2D eigenvalue weighted by molar-refractivity contribution is 14.0. The van der Waals surface area contributed by atoms with Gasteiger partial charge < -0.3 is 16.0 Å². The second kappa shape index (κ2) is 11.6. The van der Waals surface area contributed by atoms with Crippen LogP contribution < -0.4 is 11.1 Å². The van der Waals surface area contributed by atoms with Crippen molar-refractivity contribution in [1.82, 2.24) is 10.2 Å². The van der Waals surface area contributed by atoms with Crippen molar-refractivity contribution in [2.24, 2.45) is 22.6 Å². The van der Waals surface area contributed by atoms with E-state index >= 15 is 0 Å². The molecule has 0 aromatic heterocycles. The topological polar surface area (TPSA) is 53.6 Å². The zero-order valence-corrected chi connectivity index (χ0v) is 15.7. The fourth-order valence-electron chi connectivity index (χ4n) is 2.44. The molecule has 1 unspecified atom stereocenters. The van der Waals surface area contributed by atoms with Gasteiger partial charge in [0.25, 0.3) is 0 Å². The van der Waals surface area contributed by atoms with Crippen molar-refractivity contribution in [2.75, 3.05) is 32.7 Å². The minimum atomic E-state index is 0. The highest BCUT2D eigenvalue weighted by atomic mass is 127. The Kier molecular flexibility index (Phi) is 11.6. The van der Waals surface area contributed by atoms with Crippen molar-refractivity contribution in [2.45, 2.75) is 46.5 Å². The van der Waals surface area contributed by atoms with Crippen LogP contribution in [0.5, 0.6) is 0 Å². The molecule has 0 saturated carbocycles. The Bertz CT molecular complexity index is 263. The van der Waals surface area contributed by atoms with Crippen molar-refractivity contribution < 1.29 is 0 Å². The van der Waals surface area contributed by atoms with Gasteiger partial charge in [-0.15, -0.1) is 24.0 Å². The summed E-state index contributed by atoms with van der Waals surface area (Å²) in [6, 6.07) is 0. The Morgan fingerprint density at radius 2 is 1.85 bits per heavy atom. The average Bonchev–Trinajstić information content (AvgIpc) is 2.37. The van der Waals surface area contributed by atoms with E-state index in [1.807, 2.05) is 0 Å². The van der Waals surface area contributed by atoms with Crippen LogP contribution in [-0.4, -0.2) is 43.6 Å². The highest BCUT2D eigenvalue weighted by Crippen LogP contribution is 2.10. The van der Waals surface area contributed by atoms with Crippen molar-refractivity contribution in [3.63, 3.8) is 0 Å². The molecule has 3 N–H and O–H groups in total. The number of nitrogens with one attached hydrogen (secondary N) is 1. The third kappa shape index (κ3) is 9.80. The van der Waals surface area contributed by atoms with Gasteiger partial charge in [0, 0.05) is 19.6 Å². The molecule has 1 heterocycles. The molecule has 1 aliphatic rings. The number of piperidine rings is 1. The molecule has 1 atom stereocenters. The van der Waals surface area contributed by atoms with Crippen LogP contribution in [0.3, 0.4) is 0 Å². The van der Waals surface area contributed by atoms with Crippen LogP contribution in [0.1, 0.15) is 46.5 Å². The smallest absolute Gasteiger partial charge is 0.188 e. The summed E-state index contributed by atoms with van der Waals surface area (Å²) >= 11 is 0. The third-order valence-corrected chi connectivity index (χ3v) is 3.62. The molecule has 1 rings (SSSR count). The van der Waals surface area contributed by atoms with Crippen LogP contribution in [0.25, 0.3) is 0 Å². The lowest BCUT2D eigenvalue weighted by atomic mass is 10.1. The molecule has 1 aliphatic heterocycles. The maximum atomic E-state index is 5.87. The average molecular weight is 396 g/mol. The lowest BCUT2D eigenvalue weighted by Gasteiger charge is -2.28. The zero-order chi connectivity index (χ0) is 14.1. The SMILES string of the molecule is CC(C)CCNC(N)=NCC(C)CN1CCCCC1.I. The quantitative estimate of drug-likeness (QED) is 0.395. The lowest BCUT2D eigenvalue weighted by Crippen LogP contribution is -2.36. The summed E-state index contributed by atoms with van der Waals surface area (Å²) in [4.78, 5) is 7.00. The first-order valence-corrected chi connectivity index (χ1v) is 7.84. The van der Waals surface area contributed by atoms with Gasteiger partial charge >= 0.3 is 0 Å². The summed E-state index contributed by atoms with van der Waals surface area (Å²) in [5.74, 6) is 1.90. The van der Waals surface area contributed by atoms with E-state index in [0.29, 0.717) is 17.8 Å². The number of hydrogen-bond acceptors (Lipinski definition) is 2. The number of nitrogens with zero attached hydrogens (tertiary/aromatic N) is 2. The molecule has 20 heavy (non-hydrogen) atoms. The number of rotatable bonds is 7. The Balaban J connectivity index is 0.00000361. The van der Waals surface area contributed by atoms with Gasteiger partial charge in [-0.2, -0.15) is 0 Å². The zero-order valence-electron chi connectivity index (χ0n) is 13.4. The maximum absolute atomic E-state index is 5.87. The predicted octanol–water partition coefficient (Wildman–Crippen LogP) is 2.68. The number of aliphatic imine (C=N–C) groups is 1. The normalized spacial score (nSPS) is 18.7. The maximum Gasteiger partial charge on any atom is 0.188 e. The summed E-state index contributed by atoms with van der Waals surface area (Å²) in [7, 11) is 0. The minimum Gasteiger partial charge on any atom is -0.370 e. The Morgan fingerprint density at radius 3 is 2.45 bits per heavy atom. The van der Waals surface area contributed by atoms with E-state index in [1.165, 1.54) is 32.4 Å². The first-order valence-electron chi connectivity index (χ1n) is 7.84. The molecular formula is C15H33IN4. The van der Waals surface area contributed by atoms with Gasteiger partial charge in [0.2, 0.25) is 0 Å². The summed E-state index contributed by atoms with van der Waals surface area (Å²) in [6.45, 7) is 12.1. The number of likely N-dealkylation sites (tertiary alicyclic amines) is 1. The molecule has 5 heteroatoms. The van der Waals surface area contributed by atoms with Crippen LogP contribution in [0, 0.1) is 11.8 Å². The summed E-state index contributed by atoms with van der Waals surface area (Å²) in [6.07, 6.45) is 5.25. The largest absolute Gasteiger partial charge is 0.370 e. The molecule has 1 saturated heterocycles. The van der Waals surface area contributed by atoms with Crippen LogP contribution in [0.2, 0.25) is 0 Å². The van der Waals surface area contributed by atoms with Crippen LogP contribution in [0.15, 0.2) is 4.99 Å². The van der Waals surface area contributed by atoms with Crippen LogP contribution >= 0.6 is 24.0 Å². The molecule has 4 nitrogen and oxygen atoms in total. The molecule has 0 spiro atoms. The van der Waals surface area contributed by atoms with E-state index in [4.69, 9.17) is 5.73 Å². The van der Waals surface area contributed by atoms with Gasteiger partial charge in [-0.3, -0.25) is 4.99 Å². The van der Waals surface area contributed by atoms with Gasteiger partial charge in [-0.05, 0) is 44.2 Å². The van der Waals surface area contributed by atoms with Gasteiger partial charge in [-0.1, -0.05) is 27.2 Å².